The average molecular weight is 181 g/mol. The summed E-state index contributed by atoms with van der Waals surface area (Å²) in [6.45, 7) is 5.73. The predicted molar refractivity (Wildman–Crippen MR) is 50.6 cm³/mol. The number of carbonyl (C=O) groups excluding carboxylic acids is 1. The molecule has 1 unspecified atom stereocenters. The number of thioether (sulfide) groups is 1. The summed E-state index contributed by atoms with van der Waals surface area (Å²) in [6.07, 6.45) is 2.57. The molecule has 0 N–H and O–H groups in total. The predicted octanol–water partition coefficient (Wildman–Crippen LogP) is 1.75. The summed E-state index contributed by atoms with van der Waals surface area (Å²) < 4.78 is 0. The van der Waals surface area contributed by atoms with Crippen LogP contribution in [0.5, 0.6) is 0 Å². The maximum absolute atomic E-state index is 11.2. The lowest BCUT2D eigenvalue weighted by atomic mass is 10.1. The maximum Gasteiger partial charge on any atom is 0.230 e. The van der Waals surface area contributed by atoms with Crippen LogP contribution in [-0.2, 0) is 4.79 Å². The van der Waals surface area contributed by atoms with Crippen LogP contribution in [-0.4, -0.2) is 21.9 Å². The van der Waals surface area contributed by atoms with E-state index in [2.05, 4.69) is 6.58 Å². The van der Waals surface area contributed by atoms with Crippen molar-refractivity contribution < 1.29 is 4.79 Å². The number of amides is 1. The Labute approximate surface area is 76.3 Å². The monoisotopic (exact) mass is 181 g/mol. The molecule has 2 nitrogen and oxygen atoms in total. The van der Waals surface area contributed by atoms with Crippen LogP contribution in [0.15, 0.2) is 23.9 Å². The third kappa shape index (κ3) is 0.926. The molecule has 12 heavy (non-hydrogen) atoms. The fourth-order valence-corrected chi connectivity index (χ4v) is 2.96. The first kappa shape index (κ1) is 7.92. The molecule has 0 radical (unpaired) electrons. The third-order valence-electron chi connectivity index (χ3n) is 2.41. The van der Waals surface area contributed by atoms with E-state index in [1.807, 2.05) is 29.7 Å². The standard InChI is InChI=1S/C9H11NOS/c1-3-7-5-12-9-4-8(11)10(9)6(7)2/h3,9H,1,4-5H2,2H3. The van der Waals surface area contributed by atoms with Crippen molar-refractivity contribution in [2.75, 3.05) is 5.75 Å². The lowest BCUT2D eigenvalue weighted by molar-refractivity contribution is -0.138. The summed E-state index contributed by atoms with van der Waals surface area (Å²) >= 11 is 1.83. The van der Waals surface area contributed by atoms with Crippen LogP contribution in [0.3, 0.4) is 0 Å². The van der Waals surface area contributed by atoms with E-state index in [4.69, 9.17) is 0 Å². The lowest BCUT2D eigenvalue weighted by Crippen LogP contribution is -2.51. The molecule has 0 aliphatic carbocycles. The van der Waals surface area contributed by atoms with Crippen molar-refractivity contribution in [1.82, 2.24) is 4.90 Å². The van der Waals surface area contributed by atoms with Gasteiger partial charge in [-0.1, -0.05) is 12.7 Å². The fraction of sp³-hybridized carbons (Fsp3) is 0.444. The Kier molecular flexibility index (Phi) is 1.76. The van der Waals surface area contributed by atoms with Crippen LogP contribution in [0.2, 0.25) is 0 Å². The van der Waals surface area contributed by atoms with Crippen LogP contribution >= 0.6 is 11.8 Å². The highest BCUT2D eigenvalue weighted by Gasteiger charge is 2.40. The van der Waals surface area contributed by atoms with Crippen molar-refractivity contribution in [3.05, 3.63) is 23.9 Å². The van der Waals surface area contributed by atoms with Crippen molar-refractivity contribution in [3.8, 4) is 0 Å². The van der Waals surface area contributed by atoms with Gasteiger partial charge in [0.2, 0.25) is 5.91 Å². The minimum Gasteiger partial charge on any atom is -0.303 e. The molecule has 0 aromatic rings. The van der Waals surface area contributed by atoms with Crippen molar-refractivity contribution in [2.24, 2.45) is 0 Å². The SMILES string of the molecule is C=CC1=C(C)N2C(=O)CC2SC1. The lowest BCUT2D eigenvalue weighted by Gasteiger charge is -2.44. The molecule has 64 valence electrons. The molecule has 2 aliphatic heterocycles. The molecule has 2 heterocycles. The van der Waals surface area contributed by atoms with Crippen molar-refractivity contribution >= 4 is 17.7 Å². The molecular formula is C9H11NOS. The highest BCUT2D eigenvalue weighted by molar-refractivity contribution is 8.00. The number of hydrogen-bond acceptors (Lipinski definition) is 2. The molecule has 0 bridgehead atoms. The zero-order valence-corrected chi connectivity index (χ0v) is 7.86. The van der Waals surface area contributed by atoms with Gasteiger partial charge in [0.05, 0.1) is 11.8 Å². The fourth-order valence-electron chi connectivity index (χ4n) is 1.58. The molecule has 2 aliphatic rings. The van der Waals surface area contributed by atoms with Crippen LogP contribution in [0.4, 0.5) is 0 Å². The number of rotatable bonds is 1. The number of β-lactam (4-membered cyclic amide) rings is 1. The Morgan fingerprint density at radius 3 is 3.08 bits per heavy atom. The van der Waals surface area contributed by atoms with Gasteiger partial charge in [0.15, 0.2) is 0 Å². The molecule has 0 saturated carbocycles. The molecule has 1 atom stereocenters. The van der Waals surface area contributed by atoms with E-state index in [0.29, 0.717) is 11.8 Å². The van der Waals surface area contributed by atoms with Gasteiger partial charge >= 0.3 is 0 Å². The van der Waals surface area contributed by atoms with Gasteiger partial charge in [0.1, 0.15) is 0 Å². The summed E-state index contributed by atoms with van der Waals surface area (Å²) in [5.74, 6) is 1.26. The van der Waals surface area contributed by atoms with Gasteiger partial charge in [-0.05, 0) is 12.5 Å². The highest BCUT2D eigenvalue weighted by Crippen LogP contribution is 2.39. The largest absolute Gasteiger partial charge is 0.303 e. The average Bonchev–Trinajstić information content (AvgIpc) is 2.02. The summed E-state index contributed by atoms with van der Waals surface area (Å²) in [5, 5.41) is 0.418. The molecule has 1 saturated heterocycles. The number of hydrogen-bond donors (Lipinski definition) is 0. The minimum absolute atomic E-state index is 0.254. The number of fused-ring (bicyclic) bond motifs is 1. The van der Waals surface area contributed by atoms with Gasteiger partial charge < -0.3 is 4.90 Å². The quantitative estimate of drug-likeness (QED) is 0.574. The summed E-state index contributed by atoms with van der Waals surface area (Å²) in [5.41, 5.74) is 2.30. The number of allylic oxidation sites excluding steroid dienone is 2. The van der Waals surface area contributed by atoms with Crippen LogP contribution in [0, 0.1) is 0 Å². The molecule has 0 aromatic heterocycles. The minimum atomic E-state index is 0.254. The smallest absolute Gasteiger partial charge is 0.230 e. The normalized spacial score (nSPS) is 28.2. The molecule has 0 spiro atoms. The van der Waals surface area contributed by atoms with Gasteiger partial charge in [-0.2, -0.15) is 0 Å². The van der Waals surface area contributed by atoms with E-state index >= 15 is 0 Å². The van der Waals surface area contributed by atoms with E-state index in [1.165, 1.54) is 5.57 Å². The van der Waals surface area contributed by atoms with Crippen LogP contribution in [0.25, 0.3) is 0 Å². The van der Waals surface area contributed by atoms with E-state index in [9.17, 15) is 4.79 Å². The van der Waals surface area contributed by atoms with Crippen molar-refractivity contribution in [3.63, 3.8) is 0 Å². The Bertz CT molecular complexity index is 282. The summed E-state index contributed by atoms with van der Waals surface area (Å²) in [6, 6.07) is 0. The first-order chi connectivity index (χ1) is 5.74. The third-order valence-corrected chi connectivity index (χ3v) is 3.65. The van der Waals surface area contributed by atoms with Gasteiger partial charge in [0.25, 0.3) is 0 Å². The topological polar surface area (TPSA) is 20.3 Å². The zero-order chi connectivity index (χ0) is 8.72. The highest BCUT2D eigenvalue weighted by atomic mass is 32.2. The second-order valence-corrected chi connectivity index (χ2v) is 4.21. The molecule has 1 fully saturated rings. The summed E-state index contributed by atoms with van der Waals surface area (Å²) in [7, 11) is 0. The maximum atomic E-state index is 11.2. The van der Waals surface area contributed by atoms with Crippen LogP contribution < -0.4 is 0 Å². The Morgan fingerprint density at radius 1 is 1.75 bits per heavy atom. The molecule has 2 rings (SSSR count). The van der Waals surface area contributed by atoms with E-state index in [-0.39, 0.29) is 5.91 Å². The van der Waals surface area contributed by atoms with E-state index in [1.54, 1.807) is 0 Å². The molecule has 1 amide bonds. The van der Waals surface area contributed by atoms with Crippen molar-refractivity contribution in [1.29, 1.82) is 0 Å². The molecule has 3 heteroatoms. The second-order valence-electron chi connectivity index (χ2n) is 3.05. The van der Waals surface area contributed by atoms with Crippen molar-refractivity contribution in [2.45, 2.75) is 18.7 Å². The molecule has 0 aromatic carbocycles. The summed E-state index contributed by atoms with van der Waals surface area (Å²) in [4.78, 5) is 13.1. The van der Waals surface area contributed by atoms with Gasteiger partial charge in [-0.15, -0.1) is 11.8 Å². The van der Waals surface area contributed by atoms with Gasteiger partial charge in [-0.3, -0.25) is 4.79 Å². The van der Waals surface area contributed by atoms with E-state index in [0.717, 1.165) is 11.4 Å². The molecular weight excluding hydrogens is 170 g/mol. The Balaban J connectivity index is 2.31. The van der Waals surface area contributed by atoms with Gasteiger partial charge in [-0.25, -0.2) is 0 Å². The van der Waals surface area contributed by atoms with Gasteiger partial charge in [0, 0.05) is 11.4 Å². The first-order valence-corrected chi connectivity index (χ1v) is 5.04. The number of nitrogens with zero attached hydrogens (tertiary/aromatic N) is 1. The Hall–Kier alpha value is -0.700. The Morgan fingerprint density at radius 2 is 2.50 bits per heavy atom. The van der Waals surface area contributed by atoms with Crippen LogP contribution in [0.1, 0.15) is 13.3 Å². The first-order valence-electron chi connectivity index (χ1n) is 4.00. The second kappa shape index (κ2) is 2.66. The van der Waals surface area contributed by atoms with E-state index < -0.39 is 0 Å². The number of carbonyl (C=O) groups is 1. The zero-order valence-electron chi connectivity index (χ0n) is 7.04.